The van der Waals surface area contributed by atoms with Gasteiger partial charge < -0.3 is 9.47 Å². The number of benzene rings is 5. The van der Waals surface area contributed by atoms with Crippen LogP contribution in [0.3, 0.4) is 0 Å². The molecule has 8 heteroatoms. The van der Waals surface area contributed by atoms with Crippen LogP contribution in [0, 0.1) is 6.92 Å². The second-order valence-electron chi connectivity index (χ2n) is 10.1. The Kier molecular flexibility index (Phi) is 6.16. The summed E-state index contributed by atoms with van der Waals surface area (Å²) in [5.41, 5.74) is 3.82. The molecule has 2 aromatic heterocycles. The zero-order valence-corrected chi connectivity index (χ0v) is 23.4. The maximum absolute atomic E-state index is 13.8. The smallest absolute Gasteiger partial charge is 0.266 e. The lowest BCUT2D eigenvalue weighted by Gasteiger charge is -2.16. The highest BCUT2D eigenvalue weighted by Crippen LogP contribution is 2.34. The van der Waals surface area contributed by atoms with E-state index in [9.17, 15) is 4.79 Å². The van der Waals surface area contributed by atoms with E-state index >= 15 is 0 Å². The van der Waals surface area contributed by atoms with Crippen molar-refractivity contribution in [2.75, 3.05) is 14.2 Å². The number of nitrogens with zero attached hydrogens (tertiary/aromatic N) is 5. The number of rotatable bonds is 6. The Bertz CT molecular complexity index is 2200. The van der Waals surface area contributed by atoms with E-state index in [1.165, 1.54) is 10.8 Å². The normalized spacial score (nSPS) is 11.4. The molecule has 7 aromatic rings. The van der Waals surface area contributed by atoms with Crippen LogP contribution in [0.2, 0.25) is 0 Å². The topological polar surface area (TPSA) is 84.1 Å². The van der Waals surface area contributed by atoms with E-state index in [2.05, 4.69) is 52.8 Å². The fraction of sp³-hybridized carbons (Fsp3) is 0.118. The van der Waals surface area contributed by atoms with Gasteiger partial charge in [0.25, 0.3) is 5.56 Å². The van der Waals surface area contributed by atoms with Crippen LogP contribution in [0.15, 0.2) is 102 Å². The summed E-state index contributed by atoms with van der Waals surface area (Å²) in [5.74, 6) is 1.56. The number of para-hydroxylation sites is 1. The van der Waals surface area contributed by atoms with E-state index in [1.807, 2.05) is 49.5 Å². The van der Waals surface area contributed by atoms with E-state index in [4.69, 9.17) is 14.5 Å². The summed E-state index contributed by atoms with van der Waals surface area (Å²) in [5, 5.41) is 14.1. The van der Waals surface area contributed by atoms with Crippen molar-refractivity contribution >= 4 is 32.4 Å². The number of fused-ring (bicyclic) bond motifs is 4. The first-order chi connectivity index (χ1) is 20.6. The van der Waals surface area contributed by atoms with Crippen molar-refractivity contribution in [2.24, 2.45) is 0 Å². The van der Waals surface area contributed by atoms with Gasteiger partial charge in [-0.1, -0.05) is 71.9 Å². The van der Waals surface area contributed by atoms with Gasteiger partial charge in [0.15, 0.2) is 11.5 Å². The van der Waals surface area contributed by atoms with Crippen molar-refractivity contribution in [1.29, 1.82) is 0 Å². The lowest BCUT2D eigenvalue weighted by Crippen LogP contribution is -2.24. The molecule has 42 heavy (non-hydrogen) atoms. The number of hydrogen-bond acceptors (Lipinski definition) is 6. The SMILES string of the molecule is COc1cc2nc(C)n(-c3ccccc3Cn3cc(-c4cc5ccccc5c5ccccc45)nn3)c(=O)c2cc1OC. The minimum absolute atomic E-state index is 0.187. The largest absolute Gasteiger partial charge is 0.493 e. The summed E-state index contributed by atoms with van der Waals surface area (Å²) >= 11 is 0. The average molecular weight is 554 g/mol. The van der Waals surface area contributed by atoms with Crippen LogP contribution in [0.25, 0.3) is 49.4 Å². The van der Waals surface area contributed by atoms with Crippen LogP contribution in [-0.2, 0) is 6.54 Å². The minimum Gasteiger partial charge on any atom is -0.493 e. The molecule has 7 rings (SSSR count). The number of hydrogen-bond donors (Lipinski definition) is 0. The van der Waals surface area contributed by atoms with Crippen molar-refractivity contribution in [3.63, 3.8) is 0 Å². The van der Waals surface area contributed by atoms with Gasteiger partial charge in [-0.3, -0.25) is 9.36 Å². The van der Waals surface area contributed by atoms with E-state index in [1.54, 1.807) is 35.6 Å². The molecule has 0 unspecified atom stereocenters. The van der Waals surface area contributed by atoms with E-state index < -0.39 is 0 Å². The van der Waals surface area contributed by atoms with Gasteiger partial charge in [0, 0.05) is 11.6 Å². The molecule has 0 atom stereocenters. The zero-order chi connectivity index (χ0) is 28.8. The molecule has 8 nitrogen and oxygen atoms in total. The van der Waals surface area contributed by atoms with Gasteiger partial charge in [0.2, 0.25) is 0 Å². The summed E-state index contributed by atoms with van der Waals surface area (Å²) in [7, 11) is 3.11. The highest BCUT2D eigenvalue weighted by molar-refractivity contribution is 6.13. The molecule has 206 valence electrons. The van der Waals surface area contributed by atoms with Gasteiger partial charge in [0.1, 0.15) is 11.5 Å². The molecule has 0 N–H and O–H groups in total. The highest BCUT2D eigenvalue weighted by atomic mass is 16.5. The quantitative estimate of drug-likeness (QED) is 0.224. The molecule has 0 radical (unpaired) electrons. The lowest BCUT2D eigenvalue weighted by atomic mass is 9.96. The third kappa shape index (κ3) is 4.16. The Hall–Kier alpha value is -5.50. The second-order valence-corrected chi connectivity index (χ2v) is 10.1. The first-order valence-corrected chi connectivity index (χ1v) is 13.6. The third-order valence-corrected chi connectivity index (χ3v) is 7.69. The number of methoxy groups -OCH3 is 2. The second kappa shape index (κ2) is 10.2. The van der Waals surface area contributed by atoms with Gasteiger partial charge in [-0.25, -0.2) is 9.67 Å². The Morgan fingerprint density at radius 3 is 2.26 bits per heavy atom. The zero-order valence-electron chi connectivity index (χ0n) is 23.4. The molecule has 0 spiro atoms. The third-order valence-electron chi connectivity index (χ3n) is 7.69. The van der Waals surface area contributed by atoms with Crippen molar-refractivity contribution < 1.29 is 9.47 Å². The van der Waals surface area contributed by atoms with Gasteiger partial charge in [0.05, 0.1) is 43.6 Å². The van der Waals surface area contributed by atoms with Crippen molar-refractivity contribution in [1.82, 2.24) is 24.5 Å². The molecular formula is C34H27N5O3. The maximum Gasteiger partial charge on any atom is 0.266 e. The minimum atomic E-state index is -0.187. The molecular weight excluding hydrogens is 526 g/mol. The fourth-order valence-corrected chi connectivity index (χ4v) is 5.71. The van der Waals surface area contributed by atoms with Crippen molar-refractivity contribution in [2.45, 2.75) is 13.5 Å². The van der Waals surface area contributed by atoms with E-state index in [0.29, 0.717) is 34.8 Å². The Balaban J connectivity index is 1.31. The molecule has 0 aliphatic rings. The lowest BCUT2D eigenvalue weighted by molar-refractivity contribution is 0.355. The Morgan fingerprint density at radius 1 is 0.762 bits per heavy atom. The van der Waals surface area contributed by atoms with Crippen LogP contribution in [-0.4, -0.2) is 38.8 Å². The fourth-order valence-electron chi connectivity index (χ4n) is 5.71. The Morgan fingerprint density at radius 2 is 1.45 bits per heavy atom. The Labute approximate surface area is 241 Å². The first kappa shape index (κ1) is 25.5. The molecule has 0 saturated heterocycles. The maximum atomic E-state index is 13.8. The molecule has 2 heterocycles. The summed E-state index contributed by atoms with van der Waals surface area (Å²) < 4.78 is 14.3. The van der Waals surface area contributed by atoms with Crippen LogP contribution >= 0.6 is 0 Å². The standard InChI is InChI=1S/C34H27N5O3/c1-21-35-29-18-33(42-3)32(41-2)17-28(29)34(40)39(21)31-15-9-5-11-23(31)19-38-20-30(36-37-38)27-16-22-10-4-6-12-24(22)25-13-7-8-14-26(25)27/h4-18,20H,19H2,1-3H3. The molecule has 0 amide bonds. The van der Waals surface area contributed by atoms with Crippen molar-refractivity contribution in [3.8, 4) is 28.4 Å². The van der Waals surface area contributed by atoms with Gasteiger partial charge in [-0.15, -0.1) is 5.10 Å². The molecule has 0 aliphatic heterocycles. The summed E-state index contributed by atoms with van der Waals surface area (Å²) in [6.07, 6.45) is 1.96. The molecule has 0 fully saturated rings. The van der Waals surface area contributed by atoms with Crippen LogP contribution in [0.5, 0.6) is 11.5 Å². The van der Waals surface area contributed by atoms with Crippen LogP contribution < -0.4 is 15.0 Å². The highest BCUT2D eigenvalue weighted by Gasteiger charge is 2.17. The number of ether oxygens (including phenoxy) is 2. The van der Waals surface area contributed by atoms with Crippen molar-refractivity contribution in [3.05, 3.63) is 119 Å². The van der Waals surface area contributed by atoms with Crippen LogP contribution in [0.4, 0.5) is 0 Å². The predicted octanol–water partition coefficient (Wildman–Crippen LogP) is 6.32. The summed E-state index contributed by atoms with van der Waals surface area (Å²) in [4.78, 5) is 18.6. The van der Waals surface area contributed by atoms with Crippen LogP contribution in [0.1, 0.15) is 11.4 Å². The van der Waals surface area contributed by atoms with Gasteiger partial charge in [-0.2, -0.15) is 0 Å². The number of aromatic nitrogens is 5. The van der Waals surface area contributed by atoms with Gasteiger partial charge in [-0.05, 0) is 52.2 Å². The van der Waals surface area contributed by atoms with Gasteiger partial charge >= 0.3 is 0 Å². The summed E-state index contributed by atoms with van der Waals surface area (Å²) in [6, 6.07) is 30.1. The summed E-state index contributed by atoms with van der Waals surface area (Å²) in [6.45, 7) is 2.25. The average Bonchev–Trinajstić information content (AvgIpc) is 3.49. The molecule has 0 bridgehead atoms. The molecule has 5 aromatic carbocycles. The first-order valence-electron chi connectivity index (χ1n) is 13.6. The van der Waals surface area contributed by atoms with E-state index in [0.717, 1.165) is 33.3 Å². The monoisotopic (exact) mass is 553 g/mol. The number of aryl methyl sites for hydroxylation is 1. The molecule has 0 saturated carbocycles. The van der Waals surface area contributed by atoms with E-state index in [-0.39, 0.29) is 5.56 Å². The molecule has 0 aliphatic carbocycles. The predicted molar refractivity (Wildman–Crippen MR) is 165 cm³/mol.